The van der Waals surface area contributed by atoms with Gasteiger partial charge in [0.2, 0.25) is 0 Å². The Morgan fingerprint density at radius 1 is 1.12 bits per heavy atom. The first-order valence-electron chi connectivity index (χ1n) is 8.86. The number of ether oxygens (including phenoxy) is 2. The van der Waals surface area contributed by atoms with Gasteiger partial charge in [0, 0.05) is 19.6 Å². The smallest absolute Gasteiger partial charge is 0.489 e. The number of morpholine rings is 1. The monoisotopic (exact) mass is 351 g/mol. The molecular weight excluding hydrogens is 324 g/mol. The Balaban J connectivity index is 1.62. The van der Waals surface area contributed by atoms with E-state index in [0.717, 1.165) is 38.3 Å². The number of halogens is 1. The van der Waals surface area contributed by atoms with Crippen LogP contribution >= 0.6 is 0 Å². The van der Waals surface area contributed by atoms with Gasteiger partial charge in [-0.3, -0.25) is 4.90 Å². The molecule has 0 bridgehead atoms. The zero-order valence-corrected chi connectivity index (χ0v) is 15.5. The number of nitrogens with zero attached hydrogens (tertiary/aromatic N) is 1. The highest BCUT2D eigenvalue weighted by Crippen LogP contribution is 2.36. The summed E-state index contributed by atoms with van der Waals surface area (Å²) in [6.45, 7) is 12.4. The van der Waals surface area contributed by atoms with Crippen LogP contribution in [0.25, 0.3) is 0 Å². The topological polar surface area (TPSA) is 40.2 Å². The number of hydrogen-bond donors (Lipinski definition) is 0. The van der Waals surface area contributed by atoms with E-state index in [1.807, 2.05) is 27.7 Å². The molecule has 2 aliphatic rings. The Morgan fingerprint density at radius 2 is 1.76 bits per heavy atom. The average molecular weight is 351 g/mol. The molecule has 3 rings (SSSR count). The Morgan fingerprint density at radius 3 is 2.40 bits per heavy atom. The molecule has 0 N–H and O–H groups in total. The summed E-state index contributed by atoms with van der Waals surface area (Å²) in [5, 5.41) is 0. The Labute approximate surface area is 149 Å². The van der Waals surface area contributed by atoms with Crippen molar-refractivity contribution in [1.82, 2.24) is 4.90 Å². The highest BCUT2D eigenvalue weighted by atomic mass is 19.1. The zero-order valence-electron chi connectivity index (χ0n) is 15.5. The molecule has 0 unspecified atom stereocenters. The summed E-state index contributed by atoms with van der Waals surface area (Å²) in [5.74, 6) is -0.136. The maximum atomic E-state index is 14.1. The highest BCUT2D eigenvalue weighted by molar-refractivity contribution is 6.62. The van der Waals surface area contributed by atoms with E-state index in [4.69, 9.17) is 18.8 Å². The van der Waals surface area contributed by atoms with Crippen molar-refractivity contribution < 1.29 is 23.2 Å². The summed E-state index contributed by atoms with van der Waals surface area (Å²) < 4.78 is 37.1. The lowest BCUT2D eigenvalue weighted by molar-refractivity contribution is 0.00578. The van der Waals surface area contributed by atoms with Crippen LogP contribution in [-0.4, -0.2) is 62.7 Å². The molecule has 0 atom stereocenters. The van der Waals surface area contributed by atoms with Crippen molar-refractivity contribution in [2.24, 2.45) is 0 Å². The molecule has 0 radical (unpaired) electrons. The average Bonchev–Trinajstić information content (AvgIpc) is 2.78. The van der Waals surface area contributed by atoms with E-state index in [9.17, 15) is 4.39 Å². The summed E-state index contributed by atoms with van der Waals surface area (Å²) in [5.41, 5.74) is -0.0891. The van der Waals surface area contributed by atoms with Crippen molar-refractivity contribution in [3.8, 4) is 5.75 Å². The second-order valence-electron chi connectivity index (χ2n) is 7.58. The van der Waals surface area contributed by atoms with E-state index in [1.165, 1.54) is 6.07 Å². The molecule has 1 aromatic rings. The van der Waals surface area contributed by atoms with E-state index < -0.39 is 18.3 Å². The lowest BCUT2D eigenvalue weighted by Crippen LogP contribution is -2.41. The second-order valence-corrected chi connectivity index (χ2v) is 7.58. The molecule has 1 aromatic carbocycles. The first-order valence-corrected chi connectivity index (χ1v) is 8.86. The largest absolute Gasteiger partial charge is 0.494 e. The van der Waals surface area contributed by atoms with Crippen molar-refractivity contribution >= 4 is 12.6 Å². The van der Waals surface area contributed by atoms with Gasteiger partial charge in [0.25, 0.3) is 0 Å². The van der Waals surface area contributed by atoms with Crippen LogP contribution in [0, 0.1) is 5.82 Å². The van der Waals surface area contributed by atoms with Gasteiger partial charge >= 0.3 is 7.12 Å². The van der Waals surface area contributed by atoms with Crippen molar-refractivity contribution in [2.45, 2.75) is 38.9 Å². The molecule has 7 heteroatoms. The molecule has 138 valence electrons. The van der Waals surface area contributed by atoms with Gasteiger partial charge in [0.05, 0.1) is 24.4 Å². The fourth-order valence-corrected chi connectivity index (χ4v) is 2.87. The molecule has 0 amide bonds. The fraction of sp³-hybridized carbons (Fsp3) is 0.667. The van der Waals surface area contributed by atoms with Crippen molar-refractivity contribution in [3.05, 3.63) is 24.0 Å². The minimum absolute atomic E-state index is 0.237. The molecular formula is C18H27BFNO4. The van der Waals surface area contributed by atoms with Gasteiger partial charge in [0.1, 0.15) is 6.61 Å². The summed E-state index contributed by atoms with van der Waals surface area (Å²) >= 11 is 0. The highest BCUT2D eigenvalue weighted by Gasteiger charge is 2.51. The third kappa shape index (κ3) is 4.16. The van der Waals surface area contributed by atoms with E-state index in [0.29, 0.717) is 6.61 Å². The maximum absolute atomic E-state index is 14.1. The fourth-order valence-electron chi connectivity index (χ4n) is 2.87. The SMILES string of the molecule is CC1(C)OB(c2ccc(F)c(OCCN3CCOCC3)c2)OC1(C)C. The van der Waals surface area contributed by atoms with Gasteiger partial charge in [-0.1, -0.05) is 6.07 Å². The molecule has 0 spiro atoms. The van der Waals surface area contributed by atoms with E-state index in [1.54, 1.807) is 12.1 Å². The molecule has 25 heavy (non-hydrogen) atoms. The second kappa shape index (κ2) is 7.23. The first kappa shape index (κ1) is 18.6. The molecule has 0 aromatic heterocycles. The van der Waals surface area contributed by atoms with Crippen LogP contribution < -0.4 is 10.2 Å². The van der Waals surface area contributed by atoms with Gasteiger partial charge in [-0.15, -0.1) is 0 Å². The van der Waals surface area contributed by atoms with Gasteiger partial charge in [-0.25, -0.2) is 4.39 Å². The Bertz CT molecular complexity index is 589. The summed E-state index contributed by atoms with van der Waals surface area (Å²) in [6.07, 6.45) is 0. The summed E-state index contributed by atoms with van der Waals surface area (Å²) in [6, 6.07) is 4.77. The minimum atomic E-state index is -0.521. The van der Waals surface area contributed by atoms with Crippen LogP contribution in [-0.2, 0) is 14.0 Å². The Kier molecular flexibility index (Phi) is 5.39. The third-order valence-corrected chi connectivity index (χ3v) is 5.25. The lowest BCUT2D eigenvalue weighted by atomic mass is 9.79. The zero-order chi connectivity index (χ0) is 18.1. The molecule has 0 aliphatic carbocycles. The van der Waals surface area contributed by atoms with Gasteiger partial charge in [-0.2, -0.15) is 0 Å². The van der Waals surface area contributed by atoms with Crippen LogP contribution in [0.2, 0.25) is 0 Å². The molecule has 2 heterocycles. The van der Waals surface area contributed by atoms with Gasteiger partial charge in [0.15, 0.2) is 11.6 Å². The van der Waals surface area contributed by atoms with Crippen LogP contribution in [0.1, 0.15) is 27.7 Å². The van der Waals surface area contributed by atoms with Crippen LogP contribution in [0.15, 0.2) is 18.2 Å². The predicted molar refractivity (Wildman–Crippen MR) is 94.9 cm³/mol. The first-order chi connectivity index (χ1) is 11.8. The molecule has 2 fully saturated rings. The van der Waals surface area contributed by atoms with Crippen LogP contribution in [0.5, 0.6) is 5.75 Å². The minimum Gasteiger partial charge on any atom is -0.489 e. The summed E-state index contributed by atoms with van der Waals surface area (Å²) in [7, 11) is -0.521. The maximum Gasteiger partial charge on any atom is 0.494 e. The lowest BCUT2D eigenvalue weighted by Gasteiger charge is -2.32. The van der Waals surface area contributed by atoms with Gasteiger partial charge in [-0.05, 0) is 45.3 Å². The van der Waals surface area contributed by atoms with E-state index in [2.05, 4.69) is 4.90 Å². The number of hydrogen-bond acceptors (Lipinski definition) is 5. The quantitative estimate of drug-likeness (QED) is 0.757. The van der Waals surface area contributed by atoms with E-state index >= 15 is 0 Å². The molecule has 2 saturated heterocycles. The Hall–Kier alpha value is -1.15. The standard InChI is InChI=1S/C18H27BFNO4/c1-17(2)18(3,4)25-19(24-17)14-5-6-15(20)16(13-14)23-12-9-21-7-10-22-11-8-21/h5-6,13H,7-12H2,1-4H3. The van der Waals surface area contributed by atoms with Crippen molar-refractivity contribution in [2.75, 3.05) is 39.5 Å². The van der Waals surface area contributed by atoms with E-state index in [-0.39, 0.29) is 11.6 Å². The van der Waals surface area contributed by atoms with Crippen LogP contribution in [0.3, 0.4) is 0 Å². The number of rotatable bonds is 5. The molecule has 5 nitrogen and oxygen atoms in total. The van der Waals surface area contributed by atoms with Crippen molar-refractivity contribution in [3.63, 3.8) is 0 Å². The molecule has 0 saturated carbocycles. The summed E-state index contributed by atoms with van der Waals surface area (Å²) in [4.78, 5) is 2.25. The van der Waals surface area contributed by atoms with Crippen LogP contribution in [0.4, 0.5) is 4.39 Å². The predicted octanol–water partition coefficient (Wildman–Crippen LogP) is 1.84. The molecule has 2 aliphatic heterocycles. The van der Waals surface area contributed by atoms with Gasteiger partial charge < -0.3 is 18.8 Å². The third-order valence-electron chi connectivity index (χ3n) is 5.25. The number of benzene rings is 1. The normalized spacial score (nSPS) is 23.0. The van der Waals surface area contributed by atoms with Crippen molar-refractivity contribution in [1.29, 1.82) is 0 Å².